The predicted molar refractivity (Wildman–Crippen MR) is 92.7 cm³/mol. The van der Waals surface area contributed by atoms with Crippen LogP contribution >= 0.6 is 0 Å². The Morgan fingerprint density at radius 1 is 1.32 bits per heavy atom. The lowest BCUT2D eigenvalue weighted by Crippen LogP contribution is -2.54. The normalized spacial score (nSPS) is 24.4. The zero-order valence-corrected chi connectivity index (χ0v) is 14.6. The summed E-state index contributed by atoms with van der Waals surface area (Å²) < 4.78 is 11.4. The van der Waals surface area contributed by atoms with Gasteiger partial charge in [-0.1, -0.05) is 24.3 Å². The molecular formula is C19H26N2O4. The van der Waals surface area contributed by atoms with E-state index in [9.17, 15) is 9.59 Å². The van der Waals surface area contributed by atoms with Crippen LogP contribution in [0, 0.1) is 0 Å². The van der Waals surface area contributed by atoms with E-state index in [-0.39, 0.29) is 12.0 Å². The van der Waals surface area contributed by atoms with Crippen molar-refractivity contribution in [3.8, 4) is 0 Å². The summed E-state index contributed by atoms with van der Waals surface area (Å²) in [6, 6.07) is 7.21. The van der Waals surface area contributed by atoms with Crippen LogP contribution in [0.15, 0.2) is 24.3 Å². The highest BCUT2D eigenvalue weighted by Gasteiger charge is 2.35. The number of hydrogen-bond donors (Lipinski definition) is 1. The van der Waals surface area contributed by atoms with E-state index in [1.54, 1.807) is 11.8 Å². The summed E-state index contributed by atoms with van der Waals surface area (Å²) in [5.74, 6) is -0.681. The largest absolute Gasteiger partial charge is 0.376 e. The molecule has 0 bridgehead atoms. The van der Waals surface area contributed by atoms with Crippen molar-refractivity contribution < 1.29 is 19.1 Å². The van der Waals surface area contributed by atoms with Gasteiger partial charge in [-0.05, 0) is 37.3 Å². The first kappa shape index (κ1) is 17.9. The Hall–Kier alpha value is -1.92. The third kappa shape index (κ3) is 4.19. The number of nitrogens with zero attached hydrogens (tertiary/aromatic N) is 1. The van der Waals surface area contributed by atoms with Crippen molar-refractivity contribution in [2.45, 2.75) is 57.4 Å². The molecule has 6 heteroatoms. The molecule has 2 aliphatic heterocycles. The van der Waals surface area contributed by atoms with Crippen LogP contribution in [-0.4, -0.2) is 48.2 Å². The fourth-order valence-corrected chi connectivity index (χ4v) is 3.50. The standard InChI is InChI=1S/C19H26N2O4/c1-13(25-12-16-8-4-5-9-24-16)19(23)21-11-15-7-3-2-6-14(15)10-17(21)18(20)22/h2-3,6-7,13,16-17H,4-5,8-12H2,1H3,(H2,20,22)/t13?,16?,17-/m0/s1. The Labute approximate surface area is 148 Å². The molecule has 0 spiro atoms. The van der Waals surface area contributed by atoms with Crippen LogP contribution in [0.2, 0.25) is 0 Å². The summed E-state index contributed by atoms with van der Waals surface area (Å²) in [6.45, 7) is 3.27. The monoisotopic (exact) mass is 346 g/mol. The van der Waals surface area contributed by atoms with Crippen LogP contribution in [0.4, 0.5) is 0 Å². The number of amides is 2. The van der Waals surface area contributed by atoms with Crippen molar-refractivity contribution in [1.29, 1.82) is 0 Å². The molecule has 0 aliphatic carbocycles. The number of primary amides is 1. The average molecular weight is 346 g/mol. The molecule has 2 unspecified atom stereocenters. The van der Waals surface area contributed by atoms with Gasteiger partial charge >= 0.3 is 0 Å². The van der Waals surface area contributed by atoms with Gasteiger partial charge in [-0.15, -0.1) is 0 Å². The fraction of sp³-hybridized carbons (Fsp3) is 0.579. The molecule has 2 N–H and O–H groups in total. The first-order valence-electron chi connectivity index (χ1n) is 8.96. The van der Waals surface area contributed by atoms with Gasteiger partial charge in [0.1, 0.15) is 12.1 Å². The SMILES string of the molecule is CC(OCC1CCCCO1)C(=O)N1Cc2ccccc2C[C@H]1C(N)=O. The third-order valence-corrected chi connectivity index (χ3v) is 5.01. The van der Waals surface area contributed by atoms with Crippen LogP contribution < -0.4 is 5.73 Å². The number of carbonyl (C=O) groups excluding carboxylic acids is 2. The van der Waals surface area contributed by atoms with Crippen molar-refractivity contribution >= 4 is 11.8 Å². The molecule has 2 aliphatic rings. The second-order valence-electron chi connectivity index (χ2n) is 6.82. The van der Waals surface area contributed by atoms with Gasteiger partial charge in [0.05, 0.1) is 12.7 Å². The number of ether oxygens (including phenoxy) is 2. The van der Waals surface area contributed by atoms with E-state index in [1.807, 2.05) is 24.3 Å². The molecule has 6 nitrogen and oxygen atoms in total. The molecule has 0 radical (unpaired) electrons. The Bertz CT molecular complexity index is 628. The quantitative estimate of drug-likeness (QED) is 0.874. The topological polar surface area (TPSA) is 81.9 Å². The van der Waals surface area contributed by atoms with Gasteiger partial charge in [0.15, 0.2) is 0 Å². The summed E-state index contributed by atoms with van der Waals surface area (Å²) >= 11 is 0. The molecular weight excluding hydrogens is 320 g/mol. The predicted octanol–water partition coefficient (Wildman–Crippen LogP) is 1.40. The van der Waals surface area contributed by atoms with E-state index in [0.29, 0.717) is 19.6 Å². The zero-order valence-electron chi connectivity index (χ0n) is 14.6. The second-order valence-corrected chi connectivity index (χ2v) is 6.82. The lowest BCUT2D eigenvalue weighted by molar-refractivity contribution is -0.152. The van der Waals surface area contributed by atoms with Crippen molar-refractivity contribution in [2.75, 3.05) is 13.2 Å². The minimum atomic E-state index is -0.627. The average Bonchev–Trinajstić information content (AvgIpc) is 2.65. The van der Waals surface area contributed by atoms with Crippen molar-refractivity contribution in [1.82, 2.24) is 4.90 Å². The molecule has 1 saturated heterocycles. The Morgan fingerprint density at radius 2 is 2.08 bits per heavy atom. The lowest BCUT2D eigenvalue weighted by atomic mass is 9.93. The molecule has 0 saturated carbocycles. The van der Waals surface area contributed by atoms with Gasteiger partial charge in [-0.2, -0.15) is 0 Å². The van der Waals surface area contributed by atoms with E-state index in [0.717, 1.165) is 37.0 Å². The van der Waals surface area contributed by atoms with Crippen molar-refractivity contribution in [3.63, 3.8) is 0 Å². The molecule has 2 heterocycles. The van der Waals surface area contributed by atoms with Gasteiger partial charge < -0.3 is 20.1 Å². The van der Waals surface area contributed by atoms with Gasteiger partial charge in [-0.25, -0.2) is 0 Å². The molecule has 2 amide bonds. The summed E-state index contributed by atoms with van der Waals surface area (Å²) in [6.07, 6.45) is 3.05. The smallest absolute Gasteiger partial charge is 0.252 e. The highest BCUT2D eigenvalue weighted by Crippen LogP contribution is 2.24. The highest BCUT2D eigenvalue weighted by atomic mass is 16.5. The van der Waals surface area contributed by atoms with Crippen LogP contribution in [0.25, 0.3) is 0 Å². The number of carbonyl (C=O) groups is 2. The molecule has 3 atom stereocenters. The van der Waals surface area contributed by atoms with Gasteiger partial charge in [0.25, 0.3) is 5.91 Å². The minimum absolute atomic E-state index is 0.0537. The number of rotatable bonds is 5. The summed E-state index contributed by atoms with van der Waals surface area (Å²) in [5, 5.41) is 0. The fourth-order valence-electron chi connectivity index (χ4n) is 3.50. The molecule has 136 valence electrons. The third-order valence-electron chi connectivity index (χ3n) is 5.01. The van der Waals surface area contributed by atoms with Gasteiger partial charge in [0, 0.05) is 19.6 Å². The summed E-state index contributed by atoms with van der Waals surface area (Å²) in [4.78, 5) is 26.3. The number of benzene rings is 1. The molecule has 1 fully saturated rings. The van der Waals surface area contributed by atoms with E-state index in [1.165, 1.54) is 0 Å². The van der Waals surface area contributed by atoms with Crippen LogP contribution in [0.1, 0.15) is 37.3 Å². The van der Waals surface area contributed by atoms with E-state index < -0.39 is 18.1 Å². The lowest BCUT2D eigenvalue weighted by Gasteiger charge is -2.36. The first-order chi connectivity index (χ1) is 12.1. The molecule has 0 aromatic heterocycles. The molecule has 1 aromatic carbocycles. The van der Waals surface area contributed by atoms with E-state index >= 15 is 0 Å². The zero-order chi connectivity index (χ0) is 17.8. The Balaban J connectivity index is 1.65. The highest BCUT2D eigenvalue weighted by molar-refractivity contribution is 5.89. The van der Waals surface area contributed by atoms with Gasteiger partial charge in [0.2, 0.25) is 5.91 Å². The van der Waals surface area contributed by atoms with Crippen molar-refractivity contribution in [2.24, 2.45) is 5.73 Å². The second kappa shape index (κ2) is 7.97. The minimum Gasteiger partial charge on any atom is -0.376 e. The maximum Gasteiger partial charge on any atom is 0.252 e. The first-order valence-corrected chi connectivity index (χ1v) is 8.96. The summed E-state index contributed by atoms with van der Waals surface area (Å²) in [5.41, 5.74) is 7.67. The van der Waals surface area contributed by atoms with Gasteiger partial charge in [-0.3, -0.25) is 9.59 Å². The molecule has 3 rings (SSSR count). The summed E-state index contributed by atoms with van der Waals surface area (Å²) in [7, 11) is 0. The Kier molecular flexibility index (Phi) is 5.71. The number of nitrogens with two attached hydrogens (primary N) is 1. The van der Waals surface area contributed by atoms with E-state index in [4.69, 9.17) is 15.2 Å². The van der Waals surface area contributed by atoms with Crippen LogP contribution in [0.5, 0.6) is 0 Å². The van der Waals surface area contributed by atoms with Crippen LogP contribution in [-0.2, 0) is 32.0 Å². The molecule has 1 aromatic rings. The Morgan fingerprint density at radius 3 is 2.76 bits per heavy atom. The number of hydrogen-bond acceptors (Lipinski definition) is 4. The van der Waals surface area contributed by atoms with E-state index in [2.05, 4.69) is 0 Å². The molecule has 25 heavy (non-hydrogen) atoms. The number of fused-ring (bicyclic) bond motifs is 1. The maximum absolute atomic E-state index is 12.8. The van der Waals surface area contributed by atoms with Crippen molar-refractivity contribution in [3.05, 3.63) is 35.4 Å². The maximum atomic E-state index is 12.8. The van der Waals surface area contributed by atoms with Crippen LogP contribution in [0.3, 0.4) is 0 Å².